The first-order valence-electron chi connectivity index (χ1n) is 20.0. The molecule has 0 aromatic carbocycles. The second-order valence-corrected chi connectivity index (χ2v) is 19.4. The summed E-state index contributed by atoms with van der Waals surface area (Å²) in [5.74, 6) is 2.87. The molecule has 4 atom stereocenters. The Kier molecular flexibility index (Phi) is 12.3. The maximum absolute atomic E-state index is 12.9. The molecule has 2 aliphatic heterocycles. The van der Waals surface area contributed by atoms with Gasteiger partial charge >= 0.3 is 0 Å². The highest BCUT2D eigenvalue weighted by molar-refractivity contribution is 7.99. The van der Waals surface area contributed by atoms with Gasteiger partial charge < -0.3 is 27.0 Å². The van der Waals surface area contributed by atoms with E-state index in [0.29, 0.717) is 43.4 Å². The van der Waals surface area contributed by atoms with Gasteiger partial charge in [0.1, 0.15) is 5.15 Å². The molecule has 57 heavy (non-hydrogen) atoms. The van der Waals surface area contributed by atoms with Gasteiger partial charge in [0.05, 0.1) is 44.7 Å². The zero-order chi connectivity index (χ0) is 40.6. The Labute approximate surface area is 348 Å². The predicted octanol–water partition coefficient (Wildman–Crippen LogP) is 5.88. The van der Waals surface area contributed by atoms with Gasteiger partial charge in [-0.05, 0) is 99.2 Å². The Balaban J connectivity index is 0.000000174. The molecule has 4 fully saturated rings. The number of aromatic nitrogens is 6. The van der Waals surface area contributed by atoms with Gasteiger partial charge in [-0.15, -0.1) is 0 Å². The molecule has 0 radical (unpaired) electrons. The number of nitrogens with zero attached hydrogens (tertiary/aromatic N) is 8. The normalized spacial score (nSPS) is 23.9. The Morgan fingerprint density at radius 3 is 1.63 bits per heavy atom. The summed E-state index contributed by atoms with van der Waals surface area (Å²) in [6.45, 7) is 10.1. The average molecular weight is 835 g/mol. The molecule has 8 rings (SSSR count). The van der Waals surface area contributed by atoms with Crippen LogP contribution in [0.25, 0.3) is 0 Å². The Morgan fingerprint density at radius 2 is 1.19 bits per heavy atom. The predicted molar refractivity (Wildman–Crippen MR) is 230 cm³/mol. The standard InChI is InChI=1S/C21H29N5OS.C20H27ClN6OS/c1-14-11-18(22)21(12-14)6-9-26(10-7-21)20-24-13-17(19(27)25(20)3)28-16-5-4-8-23-15(16)2;1-12-7-16(23)20(9-12)3-5-27(6-4-20)19-25-11-15(18(28)26(19)2)29-14-8-13(22)10-24-17(14)21/h4-5,8,13-14,18H,6-7,9-12,22H2,1-3H3;8,10-12,16H,3-7,9,22-23H2,1-2H3/t14-,18+;12-,16+/m00/s1. The number of hydrogen-bond donors (Lipinski definition) is 3. The third kappa shape index (κ3) is 8.59. The van der Waals surface area contributed by atoms with Crippen molar-refractivity contribution in [2.75, 3.05) is 41.7 Å². The molecule has 4 aromatic heterocycles. The van der Waals surface area contributed by atoms with Crippen LogP contribution in [0.3, 0.4) is 0 Å². The van der Waals surface area contributed by atoms with Crippen molar-refractivity contribution in [2.45, 2.75) is 104 Å². The minimum atomic E-state index is -0.107. The number of anilines is 3. The van der Waals surface area contributed by atoms with Gasteiger partial charge in [0.2, 0.25) is 11.9 Å². The lowest BCUT2D eigenvalue weighted by atomic mass is 9.74. The molecule has 16 heteroatoms. The van der Waals surface area contributed by atoms with E-state index in [2.05, 4.69) is 43.6 Å². The van der Waals surface area contributed by atoms with E-state index in [0.717, 1.165) is 87.2 Å². The molecule has 2 aliphatic carbocycles. The summed E-state index contributed by atoms with van der Waals surface area (Å²) in [4.78, 5) is 50.6. The van der Waals surface area contributed by atoms with E-state index in [-0.39, 0.29) is 28.0 Å². The first-order valence-corrected chi connectivity index (χ1v) is 22.0. The van der Waals surface area contributed by atoms with E-state index >= 15 is 0 Å². The SMILES string of the molecule is C[C@H]1C[C@@H](N)C2(CCN(c3ncc(Sc4cc(N)cnc4Cl)c(=O)n3C)CC2)C1.Cc1ncccc1Sc1cnc(N2CCC3(CC2)C[C@@H](C)C[C@H]3N)n(C)c1=O. The molecule has 0 bridgehead atoms. The van der Waals surface area contributed by atoms with Crippen LogP contribution in [-0.4, -0.2) is 67.3 Å². The number of pyridine rings is 2. The molecule has 6 N–H and O–H groups in total. The van der Waals surface area contributed by atoms with Crippen LogP contribution in [0.5, 0.6) is 0 Å². The fourth-order valence-electron chi connectivity index (χ4n) is 9.76. The summed E-state index contributed by atoms with van der Waals surface area (Å²) in [7, 11) is 3.58. The maximum Gasteiger partial charge on any atom is 0.268 e. The monoisotopic (exact) mass is 833 g/mol. The van der Waals surface area contributed by atoms with Gasteiger partial charge in [-0.3, -0.25) is 23.7 Å². The van der Waals surface area contributed by atoms with Crippen molar-refractivity contribution >= 4 is 52.7 Å². The summed E-state index contributed by atoms with van der Waals surface area (Å²) in [5, 5.41) is 0.318. The lowest BCUT2D eigenvalue weighted by Crippen LogP contribution is -2.48. The molecular weight excluding hydrogens is 778 g/mol. The number of hydrogen-bond acceptors (Lipinski definition) is 13. The topological polar surface area (TPSA) is 180 Å². The Morgan fingerprint density at radius 1 is 0.719 bits per heavy atom. The number of rotatable bonds is 6. The summed E-state index contributed by atoms with van der Waals surface area (Å²) in [6.07, 6.45) is 15.5. The zero-order valence-electron chi connectivity index (χ0n) is 33.7. The number of nitrogens with two attached hydrogens (primary N) is 3. The van der Waals surface area contributed by atoms with Crippen LogP contribution in [0.15, 0.2) is 72.2 Å². The molecule has 4 aromatic rings. The van der Waals surface area contributed by atoms with Crippen LogP contribution in [0, 0.1) is 29.6 Å². The van der Waals surface area contributed by atoms with Crippen molar-refractivity contribution in [3.8, 4) is 0 Å². The van der Waals surface area contributed by atoms with Crippen molar-refractivity contribution in [3.63, 3.8) is 0 Å². The van der Waals surface area contributed by atoms with Crippen molar-refractivity contribution in [1.29, 1.82) is 0 Å². The molecule has 4 aliphatic rings. The van der Waals surface area contributed by atoms with Crippen molar-refractivity contribution in [2.24, 2.45) is 48.2 Å². The molecule has 13 nitrogen and oxygen atoms in total. The molecule has 2 saturated heterocycles. The molecule has 0 amide bonds. The summed E-state index contributed by atoms with van der Waals surface area (Å²) in [5.41, 5.74) is 20.6. The van der Waals surface area contributed by atoms with Crippen molar-refractivity contribution in [3.05, 3.63) is 74.5 Å². The molecule has 6 heterocycles. The minimum absolute atomic E-state index is 0.00951. The Hall–Kier alpha value is -3.63. The van der Waals surface area contributed by atoms with Gasteiger partial charge in [0.15, 0.2) is 0 Å². The highest BCUT2D eigenvalue weighted by Crippen LogP contribution is 2.49. The second kappa shape index (κ2) is 16.9. The summed E-state index contributed by atoms with van der Waals surface area (Å²) in [6, 6.07) is 6.18. The fourth-order valence-corrected chi connectivity index (χ4v) is 11.8. The molecular formula is C41H56ClN11O2S2. The van der Waals surface area contributed by atoms with E-state index < -0.39 is 0 Å². The zero-order valence-corrected chi connectivity index (χ0v) is 36.0. The minimum Gasteiger partial charge on any atom is -0.397 e. The van der Waals surface area contributed by atoms with Crippen molar-refractivity contribution < 1.29 is 0 Å². The van der Waals surface area contributed by atoms with Gasteiger partial charge in [-0.25, -0.2) is 15.0 Å². The molecule has 0 unspecified atom stereocenters. The smallest absolute Gasteiger partial charge is 0.268 e. The first kappa shape index (κ1) is 41.5. The second-order valence-electron chi connectivity index (χ2n) is 16.9. The van der Waals surface area contributed by atoms with Crippen LogP contribution < -0.4 is 38.1 Å². The third-order valence-electron chi connectivity index (χ3n) is 12.9. The van der Waals surface area contributed by atoms with Gasteiger partial charge in [-0.2, -0.15) is 0 Å². The first-order chi connectivity index (χ1) is 27.2. The molecule has 306 valence electrons. The van der Waals surface area contributed by atoms with Crippen LogP contribution in [-0.2, 0) is 14.1 Å². The lowest BCUT2D eigenvalue weighted by Gasteiger charge is -2.42. The lowest BCUT2D eigenvalue weighted by molar-refractivity contribution is 0.192. The van der Waals surface area contributed by atoms with Gasteiger partial charge in [0, 0.05) is 63.5 Å². The number of piperidine rings is 2. The quantitative estimate of drug-likeness (QED) is 0.196. The van der Waals surface area contributed by atoms with E-state index in [1.807, 2.05) is 26.1 Å². The molecule has 2 spiro atoms. The Bertz CT molecular complexity index is 2200. The van der Waals surface area contributed by atoms with Crippen molar-refractivity contribution in [1.82, 2.24) is 29.1 Å². The maximum atomic E-state index is 12.9. The largest absolute Gasteiger partial charge is 0.397 e. The van der Waals surface area contributed by atoms with Gasteiger partial charge in [-0.1, -0.05) is 49.0 Å². The van der Waals surface area contributed by atoms with Crippen LogP contribution >= 0.6 is 35.1 Å². The average Bonchev–Trinajstić information content (AvgIpc) is 3.62. The number of nitrogen functional groups attached to an aromatic ring is 1. The third-order valence-corrected chi connectivity index (χ3v) is 15.5. The van der Waals surface area contributed by atoms with Crippen LogP contribution in [0.2, 0.25) is 5.15 Å². The number of halogens is 1. The summed E-state index contributed by atoms with van der Waals surface area (Å²) >= 11 is 8.81. The fraction of sp³-hybridized carbons (Fsp3) is 0.561. The van der Waals surface area contributed by atoms with E-state index in [1.54, 1.807) is 40.8 Å². The number of aryl methyl sites for hydroxylation is 1. The summed E-state index contributed by atoms with van der Waals surface area (Å²) < 4.78 is 3.30. The van der Waals surface area contributed by atoms with Crippen LogP contribution in [0.4, 0.5) is 17.6 Å². The van der Waals surface area contributed by atoms with Crippen LogP contribution in [0.1, 0.15) is 70.9 Å². The van der Waals surface area contributed by atoms with E-state index in [9.17, 15) is 9.59 Å². The van der Waals surface area contributed by atoms with E-state index in [4.69, 9.17) is 28.8 Å². The van der Waals surface area contributed by atoms with E-state index in [1.165, 1.54) is 42.6 Å². The molecule has 2 saturated carbocycles. The van der Waals surface area contributed by atoms with Gasteiger partial charge in [0.25, 0.3) is 11.1 Å². The highest BCUT2D eigenvalue weighted by atomic mass is 35.5. The highest BCUT2D eigenvalue weighted by Gasteiger charge is 2.47.